The fourth-order valence-electron chi connectivity index (χ4n) is 2.65. The average molecular weight is 266 g/mol. The summed E-state index contributed by atoms with van der Waals surface area (Å²) in [6, 6.07) is 14.4. The molecule has 0 saturated carbocycles. The molecule has 1 aromatic carbocycles. The van der Waals surface area contributed by atoms with Crippen molar-refractivity contribution in [3.63, 3.8) is 0 Å². The van der Waals surface area contributed by atoms with Crippen molar-refractivity contribution in [3.8, 4) is 0 Å². The van der Waals surface area contributed by atoms with Gasteiger partial charge in [0.15, 0.2) is 0 Å². The fourth-order valence-corrected chi connectivity index (χ4v) is 2.65. The van der Waals surface area contributed by atoms with Crippen LogP contribution >= 0.6 is 0 Å². The first-order chi connectivity index (χ1) is 9.67. The Labute approximate surface area is 118 Å². The Bertz CT molecular complexity index is 692. The monoisotopic (exact) mass is 266 g/mol. The van der Waals surface area contributed by atoms with E-state index in [1.165, 1.54) is 5.56 Å². The van der Waals surface area contributed by atoms with Crippen LogP contribution < -0.4 is 5.32 Å². The summed E-state index contributed by atoms with van der Waals surface area (Å²) in [6.45, 7) is 4.03. The third-order valence-electron chi connectivity index (χ3n) is 3.45. The zero-order valence-corrected chi connectivity index (χ0v) is 12.0. The number of pyridine rings is 1. The molecule has 0 aliphatic rings. The Morgan fingerprint density at radius 1 is 1.05 bits per heavy atom. The second-order valence-corrected chi connectivity index (χ2v) is 5.09. The van der Waals surface area contributed by atoms with E-state index in [0.717, 1.165) is 28.1 Å². The van der Waals surface area contributed by atoms with Crippen LogP contribution in [-0.2, 0) is 0 Å². The normalized spacial score (nSPS) is 12.8. The summed E-state index contributed by atoms with van der Waals surface area (Å²) in [5, 5.41) is 4.46. The number of fused-ring (bicyclic) bond motifs is 1. The van der Waals surface area contributed by atoms with E-state index in [1.54, 1.807) is 0 Å². The standard InChI is InChI=1S/C17H18N2O/c1-11-8-14(9-12(2)19-11)17(18-3)16-10-13-6-4-5-7-15(13)20-16/h4-10,17-18H,1-3H3. The van der Waals surface area contributed by atoms with Crippen LogP contribution in [0.15, 0.2) is 46.9 Å². The Balaban J connectivity index is 2.08. The van der Waals surface area contributed by atoms with Crippen molar-refractivity contribution in [2.75, 3.05) is 7.05 Å². The summed E-state index contributed by atoms with van der Waals surface area (Å²) in [5.41, 5.74) is 4.15. The van der Waals surface area contributed by atoms with E-state index in [1.807, 2.05) is 39.1 Å². The second-order valence-electron chi connectivity index (χ2n) is 5.09. The van der Waals surface area contributed by atoms with Crippen LogP contribution in [0.2, 0.25) is 0 Å². The predicted octanol–water partition coefficient (Wildman–Crippen LogP) is 3.75. The highest BCUT2D eigenvalue weighted by Crippen LogP contribution is 2.28. The van der Waals surface area contributed by atoms with Gasteiger partial charge in [0.25, 0.3) is 0 Å². The topological polar surface area (TPSA) is 38.1 Å². The van der Waals surface area contributed by atoms with Gasteiger partial charge in [-0.2, -0.15) is 0 Å². The lowest BCUT2D eigenvalue weighted by Gasteiger charge is -2.15. The summed E-state index contributed by atoms with van der Waals surface area (Å²) in [7, 11) is 1.95. The van der Waals surface area contributed by atoms with Gasteiger partial charge >= 0.3 is 0 Å². The van der Waals surface area contributed by atoms with Crippen LogP contribution in [-0.4, -0.2) is 12.0 Å². The minimum atomic E-state index is 0.0443. The predicted molar refractivity (Wildman–Crippen MR) is 80.8 cm³/mol. The van der Waals surface area contributed by atoms with Crippen molar-refractivity contribution < 1.29 is 4.42 Å². The van der Waals surface area contributed by atoms with Crippen LogP contribution in [0.1, 0.15) is 28.8 Å². The first-order valence-corrected chi connectivity index (χ1v) is 6.78. The number of hydrogen-bond acceptors (Lipinski definition) is 3. The molecule has 0 bridgehead atoms. The number of para-hydroxylation sites is 1. The lowest BCUT2D eigenvalue weighted by molar-refractivity contribution is 0.491. The van der Waals surface area contributed by atoms with Gasteiger partial charge in [-0.1, -0.05) is 18.2 Å². The van der Waals surface area contributed by atoms with Crippen molar-refractivity contribution in [1.29, 1.82) is 0 Å². The Kier molecular flexibility index (Phi) is 3.28. The molecule has 3 nitrogen and oxygen atoms in total. The molecule has 1 N–H and O–H groups in total. The number of nitrogens with one attached hydrogen (secondary N) is 1. The molecular weight excluding hydrogens is 248 g/mol. The Morgan fingerprint density at radius 2 is 1.75 bits per heavy atom. The van der Waals surface area contributed by atoms with Gasteiger partial charge < -0.3 is 9.73 Å². The molecule has 1 unspecified atom stereocenters. The maximum Gasteiger partial charge on any atom is 0.134 e. The summed E-state index contributed by atoms with van der Waals surface area (Å²) in [5.74, 6) is 0.929. The molecule has 3 rings (SSSR count). The van der Waals surface area contributed by atoms with E-state index in [9.17, 15) is 0 Å². The molecule has 3 heteroatoms. The SMILES string of the molecule is CNC(c1cc(C)nc(C)c1)c1cc2ccccc2o1. The minimum absolute atomic E-state index is 0.0443. The molecule has 2 heterocycles. The quantitative estimate of drug-likeness (QED) is 0.784. The van der Waals surface area contributed by atoms with Crippen molar-refractivity contribution in [3.05, 3.63) is 65.2 Å². The van der Waals surface area contributed by atoms with Gasteiger partial charge in [-0.25, -0.2) is 0 Å². The van der Waals surface area contributed by atoms with E-state index in [0.29, 0.717) is 0 Å². The number of rotatable bonds is 3. The van der Waals surface area contributed by atoms with Gasteiger partial charge in [0.05, 0.1) is 6.04 Å². The molecule has 20 heavy (non-hydrogen) atoms. The van der Waals surface area contributed by atoms with Crippen molar-refractivity contribution in [1.82, 2.24) is 10.3 Å². The lowest BCUT2D eigenvalue weighted by atomic mass is 10.0. The zero-order valence-electron chi connectivity index (χ0n) is 12.0. The van der Waals surface area contributed by atoms with Gasteiger partial charge in [0, 0.05) is 16.8 Å². The van der Waals surface area contributed by atoms with E-state index in [4.69, 9.17) is 4.42 Å². The summed E-state index contributed by atoms with van der Waals surface area (Å²) in [6.07, 6.45) is 0. The maximum absolute atomic E-state index is 5.97. The molecule has 1 atom stereocenters. The van der Waals surface area contributed by atoms with Gasteiger partial charge in [0.2, 0.25) is 0 Å². The first-order valence-electron chi connectivity index (χ1n) is 6.78. The number of aromatic nitrogens is 1. The third kappa shape index (κ3) is 2.32. The van der Waals surface area contributed by atoms with Gasteiger partial charge in [-0.05, 0) is 50.7 Å². The lowest BCUT2D eigenvalue weighted by Crippen LogP contribution is -2.17. The van der Waals surface area contributed by atoms with Crippen LogP contribution in [0.3, 0.4) is 0 Å². The van der Waals surface area contributed by atoms with E-state index in [-0.39, 0.29) is 6.04 Å². The van der Waals surface area contributed by atoms with Crippen molar-refractivity contribution in [2.45, 2.75) is 19.9 Å². The second kappa shape index (κ2) is 5.10. The maximum atomic E-state index is 5.97. The molecule has 0 spiro atoms. The minimum Gasteiger partial charge on any atom is -0.459 e. The molecule has 2 aromatic heterocycles. The molecule has 0 fully saturated rings. The summed E-state index contributed by atoms with van der Waals surface area (Å²) in [4.78, 5) is 4.43. The first kappa shape index (κ1) is 12.9. The molecule has 0 radical (unpaired) electrons. The van der Waals surface area contributed by atoms with Crippen LogP contribution in [0.25, 0.3) is 11.0 Å². The molecule has 0 amide bonds. The van der Waals surface area contributed by atoms with Gasteiger partial charge in [-0.15, -0.1) is 0 Å². The fraction of sp³-hybridized carbons (Fsp3) is 0.235. The summed E-state index contributed by atoms with van der Waals surface area (Å²) >= 11 is 0. The van der Waals surface area contributed by atoms with Crippen LogP contribution in [0.4, 0.5) is 0 Å². The van der Waals surface area contributed by atoms with E-state index in [2.05, 4.69) is 34.6 Å². The average Bonchev–Trinajstić information content (AvgIpc) is 2.81. The van der Waals surface area contributed by atoms with Crippen LogP contribution in [0, 0.1) is 13.8 Å². The molecular formula is C17H18N2O. The highest BCUT2D eigenvalue weighted by Gasteiger charge is 2.17. The Morgan fingerprint density at radius 3 is 2.40 bits per heavy atom. The number of nitrogens with zero attached hydrogens (tertiary/aromatic N) is 1. The molecule has 0 saturated heterocycles. The highest BCUT2D eigenvalue weighted by atomic mass is 16.3. The van der Waals surface area contributed by atoms with Gasteiger partial charge in [0.1, 0.15) is 11.3 Å². The molecule has 3 aromatic rings. The zero-order chi connectivity index (χ0) is 14.1. The molecule has 0 aliphatic heterocycles. The summed E-state index contributed by atoms with van der Waals surface area (Å²) < 4.78 is 5.97. The highest BCUT2D eigenvalue weighted by molar-refractivity contribution is 5.77. The number of aryl methyl sites for hydroxylation is 2. The number of hydrogen-bond donors (Lipinski definition) is 1. The van der Waals surface area contributed by atoms with Crippen molar-refractivity contribution >= 4 is 11.0 Å². The number of benzene rings is 1. The van der Waals surface area contributed by atoms with E-state index < -0.39 is 0 Å². The van der Waals surface area contributed by atoms with E-state index >= 15 is 0 Å². The van der Waals surface area contributed by atoms with Crippen molar-refractivity contribution in [2.24, 2.45) is 0 Å². The van der Waals surface area contributed by atoms with Gasteiger partial charge in [-0.3, -0.25) is 4.98 Å². The van der Waals surface area contributed by atoms with Crippen LogP contribution in [0.5, 0.6) is 0 Å². The molecule has 0 aliphatic carbocycles. The Hall–Kier alpha value is -2.13. The smallest absolute Gasteiger partial charge is 0.134 e. The number of furan rings is 1. The third-order valence-corrected chi connectivity index (χ3v) is 3.45. The largest absolute Gasteiger partial charge is 0.459 e. The molecule has 102 valence electrons.